The van der Waals surface area contributed by atoms with Gasteiger partial charge in [-0.1, -0.05) is 0 Å². The number of aromatic nitrogens is 3. The number of aryl methyl sites for hydroxylation is 1. The third-order valence-electron chi connectivity index (χ3n) is 5.00. The number of hydrogen-bond acceptors (Lipinski definition) is 7. The van der Waals surface area contributed by atoms with Crippen molar-refractivity contribution in [3.05, 3.63) is 17.6 Å². The summed E-state index contributed by atoms with van der Waals surface area (Å²) in [4.78, 5) is 8.92. The minimum absolute atomic E-state index is 0.188. The average Bonchev–Trinajstić information content (AvgIpc) is 3.17. The van der Waals surface area contributed by atoms with Crippen LogP contribution >= 0.6 is 0 Å². The maximum atomic E-state index is 11.8. The monoisotopic (exact) mass is 411 g/mol. The molecule has 2 aromatic heterocycles. The number of nitrogens with zero attached hydrogens (tertiary/aromatic N) is 4. The number of nitrogens with two attached hydrogens (primary N) is 1. The molecule has 1 unspecified atom stereocenters. The number of anilines is 1. The normalized spacial score (nSPS) is 18.1. The Kier molecular flexibility index (Phi) is 6.54. The summed E-state index contributed by atoms with van der Waals surface area (Å²) in [5, 5.41) is 0. The van der Waals surface area contributed by atoms with Crippen molar-refractivity contribution in [1.82, 2.24) is 18.8 Å². The second-order valence-corrected chi connectivity index (χ2v) is 9.14. The van der Waals surface area contributed by atoms with Crippen molar-refractivity contribution in [3.63, 3.8) is 0 Å². The SMILES string of the molecule is COC(C)c1nc2c(N)nc(C)cc2n1CCOCCCN1CCCS1(=O)=O. The minimum atomic E-state index is -3.03. The van der Waals surface area contributed by atoms with Crippen LogP contribution < -0.4 is 5.73 Å². The Hall–Kier alpha value is -1.75. The van der Waals surface area contributed by atoms with E-state index in [1.807, 2.05) is 19.9 Å². The Labute approximate surface area is 165 Å². The highest BCUT2D eigenvalue weighted by Crippen LogP contribution is 2.26. The number of pyridine rings is 1. The number of hydrogen-bond donors (Lipinski definition) is 1. The van der Waals surface area contributed by atoms with Gasteiger partial charge in [0.1, 0.15) is 17.4 Å². The zero-order valence-corrected chi connectivity index (χ0v) is 17.5. The van der Waals surface area contributed by atoms with Crippen molar-refractivity contribution in [3.8, 4) is 0 Å². The lowest BCUT2D eigenvalue weighted by Gasteiger charge is -2.15. The number of nitrogen functional groups attached to an aromatic ring is 1. The molecule has 3 rings (SSSR count). The fraction of sp³-hybridized carbons (Fsp3) is 0.667. The molecule has 1 saturated heterocycles. The van der Waals surface area contributed by atoms with Gasteiger partial charge >= 0.3 is 0 Å². The van der Waals surface area contributed by atoms with Gasteiger partial charge in [0.25, 0.3) is 0 Å². The van der Waals surface area contributed by atoms with E-state index < -0.39 is 10.0 Å². The van der Waals surface area contributed by atoms with Crippen LogP contribution in [0.1, 0.15) is 37.4 Å². The van der Waals surface area contributed by atoms with Crippen LogP contribution in [0, 0.1) is 6.92 Å². The highest BCUT2D eigenvalue weighted by atomic mass is 32.2. The van der Waals surface area contributed by atoms with E-state index in [-0.39, 0.29) is 11.9 Å². The van der Waals surface area contributed by atoms with Gasteiger partial charge < -0.3 is 19.8 Å². The van der Waals surface area contributed by atoms with Crippen LogP contribution in [-0.4, -0.2) is 66.4 Å². The lowest BCUT2D eigenvalue weighted by molar-refractivity contribution is 0.0996. The molecular formula is C18H29N5O4S. The summed E-state index contributed by atoms with van der Waals surface area (Å²) in [5.41, 5.74) is 8.46. The van der Waals surface area contributed by atoms with E-state index in [9.17, 15) is 8.42 Å². The molecular weight excluding hydrogens is 382 g/mol. The van der Waals surface area contributed by atoms with Crippen LogP contribution in [0.25, 0.3) is 11.0 Å². The smallest absolute Gasteiger partial charge is 0.214 e. The summed E-state index contributed by atoms with van der Waals surface area (Å²) in [5.74, 6) is 1.45. The molecule has 0 saturated carbocycles. The van der Waals surface area contributed by atoms with Gasteiger partial charge in [-0.2, -0.15) is 0 Å². The van der Waals surface area contributed by atoms with Crippen molar-refractivity contribution in [1.29, 1.82) is 0 Å². The van der Waals surface area contributed by atoms with Gasteiger partial charge in [0, 0.05) is 39.0 Å². The maximum Gasteiger partial charge on any atom is 0.214 e. The summed E-state index contributed by atoms with van der Waals surface area (Å²) < 4.78 is 38.4. The van der Waals surface area contributed by atoms with Crippen molar-refractivity contribution in [2.24, 2.45) is 0 Å². The number of rotatable bonds is 9. The summed E-state index contributed by atoms with van der Waals surface area (Å²) in [6, 6.07) is 1.96. The Balaban J connectivity index is 1.60. The molecule has 0 radical (unpaired) electrons. The van der Waals surface area contributed by atoms with Crippen LogP contribution in [0.5, 0.6) is 0 Å². The van der Waals surface area contributed by atoms with E-state index in [0.717, 1.165) is 23.5 Å². The van der Waals surface area contributed by atoms with E-state index in [1.165, 1.54) is 0 Å². The van der Waals surface area contributed by atoms with Gasteiger partial charge in [-0.05, 0) is 32.8 Å². The van der Waals surface area contributed by atoms with Crippen molar-refractivity contribution in [2.75, 3.05) is 44.9 Å². The molecule has 0 aromatic carbocycles. The predicted octanol–water partition coefficient (Wildman–Crippen LogP) is 1.47. The summed E-state index contributed by atoms with van der Waals surface area (Å²) >= 11 is 0. The Morgan fingerprint density at radius 1 is 1.29 bits per heavy atom. The molecule has 0 amide bonds. The van der Waals surface area contributed by atoms with E-state index in [2.05, 4.69) is 14.5 Å². The van der Waals surface area contributed by atoms with E-state index in [0.29, 0.717) is 50.6 Å². The molecule has 1 atom stereocenters. The second-order valence-electron chi connectivity index (χ2n) is 7.05. The highest BCUT2D eigenvalue weighted by molar-refractivity contribution is 7.89. The molecule has 156 valence electrons. The summed E-state index contributed by atoms with van der Waals surface area (Å²) in [7, 11) is -1.39. The molecule has 10 heteroatoms. The topological polar surface area (TPSA) is 113 Å². The number of methoxy groups -OCH3 is 1. The average molecular weight is 412 g/mol. The third-order valence-corrected chi connectivity index (χ3v) is 6.95. The molecule has 9 nitrogen and oxygen atoms in total. The van der Waals surface area contributed by atoms with Crippen LogP contribution in [0.15, 0.2) is 6.07 Å². The fourth-order valence-electron chi connectivity index (χ4n) is 3.49. The molecule has 3 heterocycles. The number of imidazole rings is 1. The standard InChI is InChI=1S/C18H29N5O4S/c1-13-12-15-16(17(19)20-13)21-18(14(2)26-3)23(15)8-10-27-9-4-6-22-7-5-11-28(22,24)25/h12,14H,4-11H2,1-3H3,(H2,19,20). The number of fused-ring (bicyclic) bond motifs is 1. The van der Waals surface area contributed by atoms with E-state index >= 15 is 0 Å². The van der Waals surface area contributed by atoms with Gasteiger partial charge in [-0.3, -0.25) is 0 Å². The quantitative estimate of drug-likeness (QED) is 0.622. The van der Waals surface area contributed by atoms with Gasteiger partial charge in [-0.25, -0.2) is 22.7 Å². The van der Waals surface area contributed by atoms with E-state index in [1.54, 1.807) is 11.4 Å². The van der Waals surface area contributed by atoms with E-state index in [4.69, 9.17) is 15.2 Å². The first kappa shape index (κ1) is 21.0. The number of ether oxygens (including phenoxy) is 2. The highest BCUT2D eigenvalue weighted by Gasteiger charge is 2.27. The van der Waals surface area contributed by atoms with Crippen molar-refractivity contribution in [2.45, 2.75) is 39.3 Å². The predicted molar refractivity (Wildman–Crippen MR) is 108 cm³/mol. The van der Waals surface area contributed by atoms with Crippen LogP contribution in [0.4, 0.5) is 5.82 Å². The lowest BCUT2D eigenvalue weighted by Crippen LogP contribution is -2.27. The van der Waals surface area contributed by atoms with Crippen LogP contribution in [0.2, 0.25) is 0 Å². The van der Waals surface area contributed by atoms with Gasteiger partial charge in [-0.15, -0.1) is 0 Å². The second kappa shape index (κ2) is 8.73. The zero-order chi connectivity index (χ0) is 20.3. The molecule has 1 fully saturated rings. The molecule has 2 N–H and O–H groups in total. The van der Waals surface area contributed by atoms with Crippen LogP contribution in [-0.2, 0) is 26.0 Å². The Bertz CT molecular complexity index is 928. The van der Waals surface area contributed by atoms with Crippen LogP contribution in [0.3, 0.4) is 0 Å². The van der Waals surface area contributed by atoms with Gasteiger partial charge in [0.2, 0.25) is 10.0 Å². The molecule has 0 spiro atoms. The zero-order valence-electron chi connectivity index (χ0n) is 16.7. The minimum Gasteiger partial charge on any atom is -0.382 e. The molecule has 0 aliphatic carbocycles. The Morgan fingerprint density at radius 3 is 2.75 bits per heavy atom. The first-order valence-electron chi connectivity index (χ1n) is 9.55. The van der Waals surface area contributed by atoms with Crippen molar-refractivity contribution >= 4 is 26.9 Å². The first-order chi connectivity index (χ1) is 13.3. The molecule has 2 aromatic rings. The van der Waals surface area contributed by atoms with Gasteiger partial charge in [0.15, 0.2) is 5.82 Å². The molecule has 0 bridgehead atoms. The summed E-state index contributed by atoms with van der Waals surface area (Å²) in [6.07, 6.45) is 1.21. The van der Waals surface area contributed by atoms with Gasteiger partial charge in [0.05, 0.1) is 17.9 Å². The lowest BCUT2D eigenvalue weighted by atomic mass is 10.3. The molecule has 1 aliphatic heterocycles. The third kappa shape index (κ3) is 4.45. The largest absolute Gasteiger partial charge is 0.382 e. The first-order valence-corrected chi connectivity index (χ1v) is 11.2. The summed E-state index contributed by atoms with van der Waals surface area (Å²) in [6.45, 7) is 6.57. The maximum absolute atomic E-state index is 11.8. The fourth-order valence-corrected chi connectivity index (χ4v) is 5.05. The number of sulfonamides is 1. The molecule has 1 aliphatic rings. The molecule has 28 heavy (non-hydrogen) atoms. The Morgan fingerprint density at radius 2 is 2.07 bits per heavy atom. The van der Waals surface area contributed by atoms with Crippen molar-refractivity contribution < 1.29 is 17.9 Å².